The Labute approximate surface area is 161 Å². The fraction of sp³-hybridized carbons (Fsp3) is 0.500. The SMILES string of the molecule is COC(=O)CC(C)n1cnc(N)c1.COC(=O)CC(C)n1cnc([N+](=O)[O-])c1. The Balaban J connectivity index is 0.000000283. The first kappa shape index (κ1) is 22.6. The Morgan fingerprint density at radius 2 is 1.54 bits per heavy atom. The summed E-state index contributed by atoms with van der Waals surface area (Å²) in [6, 6.07) is -0.184. The molecule has 2 N–H and O–H groups in total. The molecule has 2 rings (SSSR count). The number of imidazole rings is 2. The third-order valence-electron chi connectivity index (χ3n) is 3.79. The fourth-order valence-corrected chi connectivity index (χ4v) is 2.11. The van der Waals surface area contributed by atoms with Gasteiger partial charge in [0.1, 0.15) is 12.0 Å². The molecular weight excluding hydrogens is 372 g/mol. The van der Waals surface area contributed by atoms with E-state index < -0.39 is 4.92 Å². The molecule has 12 heteroatoms. The number of esters is 2. The van der Waals surface area contributed by atoms with Gasteiger partial charge in [0.15, 0.2) is 0 Å². The molecule has 2 heterocycles. The third kappa shape index (κ3) is 7.05. The van der Waals surface area contributed by atoms with E-state index in [-0.39, 0.29) is 36.3 Å². The highest BCUT2D eigenvalue weighted by Gasteiger charge is 2.16. The first-order valence-corrected chi connectivity index (χ1v) is 8.28. The summed E-state index contributed by atoms with van der Waals surface area (Å²) in [7, 11) is 2.67. The minimum Gasteiger partial charge on any atom is -0.469 e. The van der Waals surface area contributed by atoms with Gasteiger partial charge in [-0.05, 0) is 23.8 Å². The first-order chi connectivity index (χ1) is 13.2. The van der Waals surface area contributed by atoms with Gasteiger partial charge in [0.05, 0.1) is 33.4 Å². The number of nitro groups is 1. The van der Waals surface area contributed by atoms with Gasteiger partial charge in [-0.25, -0.2) is 4.98 Å². The van der Waals surface area contributed by atoms with Gasteiger partial charge in [-0.15, -0.1) is 0 Å². The van der Waals surface area contributed by atoms with Crippen molar-refractivity contribution in [3.63, 3.8) is 0 Å². The van der Waals surface area contributed by atoms with Crippen LogP contribution in [0, 0.1) is 10.1 Å². The largest absolute Gasteiger partial charge is 0.469 e. The number of ether oxygens (including phenoxy) is 2. The van der Waals surface area contributed by atoms with E-state index in [0.29, 0.717) is 12.2 Å². The molecular formula is C16H24N6O6. The molecule has 0 aromatic carbocycles. The highest BCUT2D eigenvalue weighted by atomic mass is 16.6. The van der Waals surface area contributed by atoms with Crippen LogP contribution in [-0.4, -0.2) is 50.2 Å². The van der Waals surface area contributed by atoms with Crippen LogP contribution in [-0.2, 0) is 19.1 Å². The molecule has 12 nitrogen and oxygen atoms in total. The van der Waals surface area contributed by atoms with Crippen LogP contribution in [0.4, 0.5) is 11.6 Å². The van der Waals surface area contributed by atoms with Gasteiger partial charge >= 0.3 is 17.8 Å². The highest BCUT2D eigenvalue weighted by Crippen LogP contribution is 2.15. The van der Waals surface area contributed by atoms with Crippen molar-refractivity contribution in [2.24, 2.45) is 0 Å². The summed E-state index contributed by atoms with van der Waals surface area (Å²) < 4.78 is 12.3. The lowest BCUT2D eigenvalue weighted by Gasteiger charge is -2.10. The van der Waals surface area contributed by atoms with E-state index in [9.17, 15) is 19.7 Å². The number of carbonyl (C=O) groups excluding carboxylic acids is 2. The van der Waals surface area contributed by atoms with Crippen LogP contribution in [0.2, 0.25) is 0 Å². The summed E-state index contributed by atoms with van der Waals surface area (Å²) >= 11 is 0. The molecule has 0 bridgehead atoms. The van der Waals surface area contributed by atoms with E-state index in [1.165, 1.54) is 31.3 Å². The molecule has 28 heavy (non-hydrogen) atoms. The zero-order valence-corrected chi connectivity index (χ0v) is 16.1. The van der Waals surface area contributed by atoms with Crippen LogP contribution in [0.5, 0.6) is 0 Å². The van der Waals surface area contributed by atoms with Gasteiger partial charge < -0.3 is 34.5 Å². The van der Waals surface area contributed by atoms with Crippen LogP contribution in [0.1, 0.15) is 38.8 Å². The Hall–Kier alpha value is -3.44. The Bertz CT molecular complexity index is 801. The summed E-state index contributed by atoms with van der Waals surface area (Å²) in [5.41, 5.74) is 5.43. The lowest BCUT2D eigenvalue weighted by molar-refractivity contribution is -0.389. The number of aromatic nitrogens is 4. The minimum absolute atomic E-state index is 0.0252. The summed E-state index contributed by atoms with van der Waals surface area (Å²) in [6.45, 7) is 3.65. The van der Waals surface area contributed by atoms with E-state index in [2.05, 4.69) is 19.4 Å². The zero-order valence-electron chi connectivity index (χ0n) is 16.1. The quantitative estimate of drug-likeness (QED) is 0.416. The van der Waals surface area contributed by atoms with E-state index in [1.54, 1.807) is 24.0 Å². The van der Waals surface area contributed by atoms with E-state index >= 15 is 0 Å². The van der Waals surface area contributed by atoms with E-state index in [1.807, 2.05) is 6.92 Å². The summed E-state index contributed by atoms with van der Waals surface area (Å²) in [5.74, 6) is -0.373. The molecule has 154 valence electrons. The lowest BCUT2D eigenvalue weighted by atomic mass is 10.2. The number of methoxy groups -OCH3 is 2. The van der Waals surface area contributed by atoms with Crippen molar-refractivity contribution in [1.82, 2.24) is 19.1 Å². The zero-order chi connectivity index (χ0) is 21.3. The van der Waals surface area contributed by atoms with Gasteiger partial charge in [0.25, 0.3) is 0 Å². The van der Waals surface area contributed by atoms with Crippen molar-refractivity contribution in [3.05, 3.63) is 35.2 Å². The molecule has 0 spiro atoms. The maximum atomic E-state index is 10.9. The van der Waals surface area contributed by atoms with Gasteiger partial charge in [0.2, 0.25) is 6.33 Å². The van der Waals surface area contributed by atoms with E-state index in [4.69, 9.17) is 5.73 Å². The number of rotatable bonds is 7. The average Bonchev–Trinajstić information content (AvgIpc) is 3.31. The van der Waals surface area contributed by atoms with Crippen LogP contribution in [0.25, 0.3) is 0 Å². The maximum Gasteiger partial charge on any atom is 0.381 e. The number of nitrogens with two attached hydrogens (primary N) is 1. The fourth-order valence-electron chi connectivity index (χ4n) is 2.11. The van der Waals surface area contributed by atoms with E-state index in [0.717, 1.165) is 0 Å². The monoisotopic (exact) mass is 396 g/mol. The average molecular weight is 396 g/mol. The number of hydrogen-bond donors (Lipinski definition) is 1. The number of nitrogens with zero attached hydrogens (tertiary/aromatic N) is 5. The predicted molar refractivity (Wildman–Crippen MR) is 98.2 cm³/mol. The van der Waals surface area contributed by atoms with Gasteiger partial charge in [-0.1, -0.05) is 0 Å². The standard InChI is InChI=1S/C8H11N3O4.C8H13N3O2/c1-6(3-8(12)15-2)10-4-7(9-5-10)11(13)14;1-6(3-8(12)13-2)11-4-7(9)10-5-11/h4-6H,3H2,1-2H3;4-6H,3,9H2,1-2H3. The van der Waals surface area contributed by atoms with Gasteiger partial charge in [-0.2, -0.15) is 0 Å². The number of anilines is 1. The molecule has 2 aromatic rings. The third-order valence-corrected chi connectivity index (χ3v) is 3.79. The molecule has 0 aliphatic heterocycles. The lowest BCUT2D eigenvalue weighted by Crippen LogP contribution is -2.10. The summed E-state index contributed by atoms with van der Waals surface area (Å²) in [4.78, 5) is 39.1. The molecule has 0 aliphatic rings. The molecule has 0 aliphatic carbocycles. The Morgan fingerprint density at radius 3 is 1.89 bits per heavy atom. The van der Waals surface area contributed by atoms with Crippen molar-refractivity contribution in [3.8, 4) is 0 Å². The smallest absolute Gasteiger partial charge is 0.381 e. The second-order valence-corrected chi connectivity index (χ2v) is 5.94. The second kappa shape index (κ2) is 10.6. The molecule has 2 atom stereocenters. The van der Waals surface area contributed by atoms with Crippen molar-refractivity contribution >= 4 is 23.6 Å². The van der Waals surface area contributed by atoms with Crippen LogP contribution in [0.3, 0.4) is 0 Å². The van der Waals surface area contributed by atoms with Crippen LogP contribution < -0.4 is 5.73 Å². The van der Waals surface area contributed by atoms with Crippen LogP contribution in [0.15, 0.2) is 25.0 Å². The highest BCUT2D eigenvalue weighted by molar-refractivity contribution is 5.70. The molecule has 2 aromatic heterocycles. The van der Waals surface area contributed by atoms with Crippen molar-refractivity contribution in [2.45, 2.75) is 38.8 Å². The normalized spacial score (nSPS) is 12.3. The predicted octanol–water partition coefficient (Wildman–Crippen LogP) is 1.50. The van der Waals surface area contributed by atoms with Crippen molar-refractivity contribution in [1.29, 1.82) is 0 Å². The number of carbonyl (C=O) groups is 2. The van der Waals surface area contributed by atoms with Gasteiger partial charge in [0, 0.05) is 18.3 Å². The summed E-state index contributed by atoms with van der Waals surface area (Å²) in [5, 5.41) is 10.4. The van der Waals surface area contributed by atoms with Crippen molar-refractivity contribution in [2.75, 3.05) is 20.0 Å². The van der Waals surface area contributed by atoms with Crippen LogP contribution >= 0.6 is 0 Å². The Morgan fingerprint density at radius 1 is 1.07 bits per heavy atom. The minimum atomic E-state index is -0.582. The first-order valence-electron chi connectivity index (χ1n) is 8.28. The second-order valence-electron chi connectivity index (χ2n) is 5.94. The number of hydrogen-bond acceptors (Lipinski definition) is 9. The molecule has 0 saturated carbocycles. The Kier molecular flexibility index (Phi) is 8.59. The maximum absolute atomic E-state index is 10.9. The molecule has 2 unspecified atom stereocenters. The molecule has 0 fully saturated rings. The molecule has 0 radical (unpaired) electrons. The van der Waals surface area contributed by atoms with Gasteiger partial charge in [-0.3, -0.25) is 9.59 Å². The summed E-state index contributed by atoms with van der Waals surface area (Å²) in [6.07, 6.45) is 6.38. The number of nitrogen functional groups attached to an aromatic ring is 1. The molecule has 0 amide bonds. The topological polar surface area (TPSA) is 157 Å². The molecule has 0 saturated heterocycles. The van der Waals surface area contributed by atoms with Crippen molar-refractivity contribution < 1.29 is 24.0 Å².